The van der Waals surface area contributed by atoms with Crippen molar-refractivity contribution < 1.29 is 9.18 Å². The van der Waals surface area contributed by atoms with E-state index in [2.05, 4.69) is 0 Å². The van der Waals surface area contributed by atoms with Crippen LogP contribution in [0, 0.1) is 5.82 Å². The summed E-state index contributed by atoms with van der Waals surface area (Å²) in [5.41, 5.74) is 1.12. The molecule has 0 radical (unpaired) electrons. The van der Waals surface area contributed by atoms with Crippen molar-refractivity contribution in [3.8, 4) is 0 Å². The van der Waals surface area contributed by atoms with Crippen LogP contribution in [-0.2, 0) is 16.6 Å². The highest BCUT2D eigenvalue weighted by atomic mass is 35.5. The second-order valence-electron chi connectivity index (χ2n) is 5.34. The average molecular weight is 291 g/mol. The fraction of sp³-hybridized carbons (Fsp3) is 0.235. The van der Waals surface area contributed by atoms with Gasteiger partial charge in [-0.1, -0.05) is 48.0 Å². The van der Waals surface area contributed by atoms with E-state index >= 15 is 0 Å². The van der Waals surface area contributed by atoms with Gasteiger partial charge >= 0.3 is 0 Å². The molecule has 104 valence electrons. The Morgan fingerprint density at radius 1 is 1.15 bits per heavy atom. The second-order valence-corrected chi connectivity index (χ2v) is 5.75. The van der Waals surface area contributed by atoms with Crippen LogP contribution in [0.2, 0.25) is 5.02 Å². The molecule has 0 heterocycles. The molecule has 0 atom stereocenters. The first kappa shape index (κ1) is 14.7. The minimum atomic E-state index is -0.581. The van der Waals surface area contributed by atoms with E-state index in [0.717, 1.165) is 11.1 Å². The van der Waals surface area contributed by atoms with Gasteiger partial charge in [0.1, 0.15) is 11.6 Å². The molecule has 2 aromatic rings. The number of carbonyl (C=O) groups is 1. The molecule has 3 heteroatoms. The van der Waals surface area contributed by atoms with Gasteiger partial charge in [0, 0.05) is 11.8 Å². The zero-order valence-corrected chi connectivity index (χ0v) is 12.2. The molecule has 0 N–H and O–H groups in total. The molecule has 0 aliphatic heterocycles. The third-order valence-electron chi connectivity index (χ3n) is 3.54. The summed E-state index contributed by atoms with van der Waals surface area (Å²) in [6, 6.07) is 14.0. The molecule has 0 aliphatic carbocycles. The van der Waals surface area contributed by atoms with E-state index in [1.54, 1.807) is 6.07 Å². The normalized spacial score (nSPS) is 11.4. The number of hydrogen-bond donors (Lipinski definition) is 0. The van der Waals surface area contributed by atoms with E-state index in [-0.39, 0.29) is 17.2 Å². The lowest BCUT2D eigenvalue weighted by Crippen LogP contribution is -2.30. The Bertz CT molecular complexity index is 620. The highest BCUT2D eigenvalue weighted by Crippen LogP contribution is 2.26. The molecule has 0 aromatic heterocycles. The summed E-state index contributed by atoms with van der Waals surface area (Å²) in [4.78, 5) is 12.5. The van der Waals surface area contributed by atoms with Gasteiger partial charge in [-0.25, -0.2) is 4.39 Å². The van der Waals surface area contributed by atoms with Gasteiger partial charge in [0.2, 0.25) is 0 Å². The molecule has 2 aromatic carbocycles. The van der Waals surface area contributed by atoms with Crippen molar-refractivity contribution >= 4 is 17.4 Å². The Balaban J connectivity index is 2.21. The van der Waals surface area contributed by atoms with Crippen LogP contribution in [0.3, 0.4) is 0 Å². The number of benzene rings is 2. The molecular formula is C17H16ClFO. The molecule has 1 nitrogen and oxygen atoms in total. The molecule has 0 saturated carbocycles. The molecule has 0 bridgehead atoms. The van der Waals surface area contributed by atoms with Crippen molar-refractivity contribution in [2.45, 2.75) is 25.7 Å². The number of ketones is 1. The van der Waals surface area contributed by atoms with Crippen LogP contribution in [0.25, 0.3) is 0 Å². The van der Waals surface area contributed by atoms with E-state index in [1.165, 1.54) is 12.1 Å². The maximum Gasteiger partial charge on any atom is 0.147 e. The third-order valence-corrected chi connectivity index (χ3v) is 3.83. The van der Waals surface area contributed by atoms with Crippen LogP contribution in [0.15, 0.2) is 48.5 Å². The number of rotatable bonds is 4. The van der Waals surface area contributed by atoms with Gasteiger partial charge < -0.3 is 0 Å². The Hall–Kier alpha value is -1.67. The SMILES string of the molecule is CC(C)(C(=O)Cc1ccc(F)c(Cl)c1)c1ccccc1. The predicted octanol–water partition coefficient (Wildman–Crippen LogP) is 4.57. The molecule has 0 unspecified atom stereocenters. The summed E-state index contributed by atoms with van der Waals surface area (Å²) < 4.78 is 13.1. The lowest BCUT2D eigenvalue weighted by Gasteiger charge is -2.23. The highest BCUT2D eigenvalue weighted by molar-refractivity contribution is 6.30. The largest absolute Gasteiger partial charge is 0.298 e. The van der Waals surface area contributed by atoms with E-state index in [4.69, 9.17) is 11.6 Å². The summed E-state index contributed by atoms with van der Waals surface area (Å²) in [6.07, 6.45) is 0.238. The van der Waals surface area contributed by atoms with Crippen molar-refractivity contribution in [2.24, 2.45) is 0 Å². The van der Waals surface area contributed by atoms with Crippen molar-refractivity contribution in [1.82, 2.24) is 0 Å². The lowest BCUT2D eigenvalue weighted by atomic mass is 9.78. The van der Waals surface area contributed by atoms with Gasteiger partial charge in [-0.15, -0.1) is 0 Å². The van der Waals surface area contributed by atoms with Gasteiger partial charge in [0.15, 0.2) is 0 Å². The van der Waals surface area contributed by atoms with E-state index in [1.807, 2.05) is 44.2 Å². The predicted molar refractivity (Wildman–Crippen MR) is 79.6 cm³/mol. The Morgan fingerprint density at radius 2 is 1.80 bits per heavy atom. The molecule has 0 fully saturated rings. The van der Waals surface area contributed by atoms with Gasteiger partial charge in [-0.3, -0.25) is 4.79 Å². The Labute approximate surface area is 123 Å². The van der Waals surface area contributed by atoms with Gasteiger partial charge in [-0.05, 0) is 37.1 Å². The summed E-state index contributed by atoms with van der Waals surface area (Å²) in [6.45, 7) is 3.80. The van der Waals surface area contributed by atoms with Gasteiger partial charge in [-0.2, -0.15) is 0 Å². The Kier molecular flexibility index (Phi) is 4.24. The van der Waals surface area contributed by atoms with Crippen LogP contribution in [0.4, 0.5) is 4.39 Å². The zero-order chi connectivity index (χ0) is 14.8. The topological polar surface area (TPSA) is 17.1 Å². The van der Waals surface area contributed by atoms with Crippen LogP contribution < -0.4 is 0 Å². The maximum absolute atomic E-state index is 13.1. The quantitative estimate of drug-likeness (QED) is 0.806. The van der Waals surface area contributed by atoms with Crippen molar-refractivity contribution in [3.05, 3.63) is 70.5 Å². The second kappa shape index (κ2) is 5.76. The standard InChI is InChI=1S/C17H16ClFO/c1-17(2,13-6-4-3-5-7-13)16(20)11-12-8-9-15(19)14(18)10-12/h3-10H,11H2,1-2H3. The van der Waals surface area contributed by atoms with Crippen LogP contribution in [-0.4, -0.2) is 5.78 Å². The van der Waals surface area contributed by atoms with Gasteiger partial charge in [0.25, 0.3) is 0 Å². The van der Waals surface area contributed by atoms with Crippen molar-refractivity contribution in [3.63, 3.8) is 0 Å². The van der Waals surface area contributed by atoms with E-state index < -0.39 is 11.2 Å². The number of Topliss-reactive ketones (excluding diaryl/α,β-unsaturated/α-hetero) is 1. The zero-order valence-electron chi connectivity index (χ0n) is 11.5. The van der Waals surface area contributed by atoms with Crippen molar-refractivity contribution in [1.29, 1.82) is 0 Å². The first-order valence-corrected chi connectivity index (χ1v) is 6.82. The monoisotopic (exact) mass is 290 g/mol. The lowest BCUT2D eigenvalue weighted by molar-refractivity contribution is -0.122. The van der Waals surface area contributed by atoms with Crippen molar-refractivity contribution in [2.75, 3.05) is 0 Å². The Morgan fingerprint density at radius 3 is 2.40 bits per heavy atom. The molecule has 0 amide bonds. The molecular weight excluding hydrogens is 275 g/mol. The van der Waals surface area contributed by atoms with Gasteiger partial charge in [0.05, 0.1) is 5.02 Å². The smallest absolute Gasteiger partial charge is 0.147 e. The summed E-state index contributed by atoms with van der Waals surface area (Å²) >= 11 is 5.74. The summed E-state index contributed by atoms with van der Waals surface area (Å²) in [7, 11) is 0. The summed E-state index contributed by atoms with van der Waals surface area (Å²) in [5.74, 6) is -0.392. The van der Waals surface area contributed by atoms with Crippen LogP contribution >= 0.6 is 11.6 Å². The maximum atomic E-state index is 13.1. The molecule has 20 heavy (non-hydrogen) atoms. The first-order valence-electron chi connectivity index (χ1n) is 6.44. The fourth-order valence-corrected chi connectivity index (χ4v) is 2.27. The number of carbonyl (C=O) groups excluding carboxylic acids is 1. The first-order chi connectivity index (χ1) is 9.41. The number of halogens is 2. The van der Waals surface area contributed by atoms with Crippen LogP contribution in [0.5, 0.6) is 0 Å². The minimum Gasteiger partial charge on any atom is -0.298 e. The third kappa shape index (κ3) is 3.07. The highest BCUT2D eigenvalue weighted by Gasteiger charge is 2.29. The summed E-state index contributed by atoms with van der Waals surface area (Å²) in [5, 5.41) is 0.0489. The van der Waals surface area contributed by atoms with Crippen LogP contribution in [0.1, 0.15) is 25.0 Å². The molecule has 0 spiro atoms. The molecule has 0 saturated heterocycles. The molecule has 0 aliphatic rings. The molecule has 2 rings (SSSR count). The fourth-order valence-electron chi connectivity index (χ4n) is 2.07. The van der Waals surface area contributed by atoms with E-state index in [9.17, 15) is 9.18 Å². The number of hydrogen-bond acceptors (Lipinski definition) is 1. The average Bonchev–Trinajstić information content (AvgIpc) is 2.44. The van der Waals surface area contributed by atoms with E-state index in [0.29, 0.717) is 0 Å². The minimum absolute atomic E-state index is 0.0489.